The van der Waals surface area contributed by atoms with Crippen LogP contribution in [0.4, 0.5) is 5.69 Å². The summed E-state index contributed by atoms with van der Waals surface area (Å²) in [4.78, 5) is 12.5. The number of carbonyl (C=O) groups is 1. The van der Waals surface area contributed by atoms with Crippen molar-refractivity contribution >= 4 is 21.6 Å². The van der Waals surface area contributed by atoms with Crippen molar-refractivity contribution in [3.05, 3.63) is 54.6 Å². The number of sulfonamides is 1. The van der Waals surface area contributed by atoms with E-state index in [1.54, 1.807) is 42.5 Å². The van der Waals surface area contributed by atoms with Crippen LogP contribution in [0.2, 0.25) is 0 Å². The standard InChI is InChI=1S/C20H26N2O5S/c1-3-27-15-9-14-21-20(23)16-22(18-12-7-8-13-19(18)26-2)28(24,25)17-10-5-4-6-11-17/h4-8,10-13H,3,9,14-16H2,1-2H3,(H,21,23). The minimum Gasteiger partial charge on any atom is -0.495 e. The number of ether oxygens (including phenoxy) is 2. The predicted molar refractivity (Wildman–Crippen MR) is 108 cm³/mol. The van der Waals surface area contributed by atoms with E-state index in [2.05, 4.69) is 5.32 Å². The van der Waals surface area contributed by atoms with E-state index in [1.165, 1.54) is 19.2 Å². The van der Waals surface area contributed by atoms with E-state index in [4.69, 9.17) is 9.47 Å². The van der Waals surface area contributed by atoms with Crippen molar-refractivity contribution in [3.8, 4) is 5.75 Å². The van der Waals surface area contributed by atoms with Gasteiger partial charge in [0.25, 0.3) is 10.0 Å². The van der Waals surface area contributed by atoms with E-state index in [0.717, 1.165) is 4.31 Å². The van der Waals surface area contributed by atoms with Crippen molar-refractivity contribution in [2.24, 2.45) is 0 Å². The quantitative estimate of drug-likeness (QED) is 0.580. The van der Waals surface area contributed by atoms with Crippen molar-refractivity contribution in [2.75, 3.05) is 37.7 Å². The first-order valence-electron chi connectivity index (χ1n) is 9.06. The number of nitrogens with zero attached hydrogens (tertiary/aromatic N) is 1. The molecule has 0 saturated carbocycles. The fourth-order valence-corrected chi connectivity index (χ4v) is 4.04. The van der Waals surface area contributed by atoms with Gasteiger partial charge >= 0.3 is 0 Å². The highest BCUT2D eigenvalue weighted by Crippen LogP contribution is 2.31. The maximum atomic E-state index is 13.2. The monoisotopic (exact) mass is 406 g/mol. The Morgan fingerprint density at radius 3 is 2.43 bits per heavy atom. The highest BCUT2D eigenvalue weighted by Gasteiger charge is 2.29. The number of amides is 1. The Bertz CT molecular complexity index is 856. The normalized spacial score (nSPS) is 11.1. The summed E-state index contributed by atoms with van der Waals surface area (Å²) in [6, 6.07) is 14.7. The lowest BCUT2D eigenvalue weighted by Gasteiger charge is -2.25. The zero-order valence-corrected chi connectivity index (χ0v) is 16.9. The third-order valence-corrected chi connectivity index (χ3v) is 5.74. The summed E-state index contributed by atoms with van der Waals surface area (Å²) < 4.78 is 38.1. The minimum absolute atomic E-state index is 0.102. The molecule has 0 unspecified atom stereocenters. The van der Waals surface area contributed by atoms with Crippen LogP contribution in [-0.2, 0) is 19.6 Å². The van der Waals surface area contributed by atoms with Crippen molar-refractivity contribution < 1.29 is 22.7 Å². The summed E-state index contributed by atoms with van der Waals surface area (Å²) >= 11 is 0. The van der Waals surface area contributed by atoms with Gasteiger partial charge in [-0.25, -0.2) is 8.42 Å². The molecule has 8 heteroatoms. The SMILES string of the molecule is CCOCCCNC(=O)CN(c1ccccc1OC)S(=O)(=O)c1ccccc1. The molecule has 0 aromatic heterocycles. The van der Waals surface area contributed by atoms with E-state index >= 15 is 0 Å². The summed E-state index contributed by atoms with van der Waals surface area (Å²) in [5.74, 6) is -0.0342. The fourth-order valence-electron chi connectivity index (χ4n) is 2.59. The molecule has 0 saturated heterocycles. The first kappa shape index (κ1) is 21.7. The number of rotatable bonds is 11. The van der Waals surface area contributed by atoms with Crippen LogP contribution >= 0.6 is 0 Å². The molecule has 7 nitrogen and oxygen atoms in total. The molecule has 0 aliphatic carbocycles. The highest BCUT2D eigenvalue weighted by atomic mass is 32.2. The molecule has 2 aromatic carbocycles. The first-order chi connectivity index (χ1) is 13.5. The molecular weight excluding hydrogens is 380 g/mol. The number of nitrogens with one attached hydrogen (secondary N) is 1. The van der Waals surface area contributed by atoms with E-state index < -0.39 is 15.9 Å². The molecule has 0 heterocycles. The average molecular weight is 407 g/mol. The summed E-state index contributed by atoms with van der Waals surface area (Å²) in [5, 5.41) is 2.74. The topological polar surface area (TPSA) is 84.9 Å². The van der Waals surface area contributed by atoms with Crippen LogP contribution < -0.4 is 14.4 Å². The van der Waals surface area contributed by atoms with Gasteiger partial charge < -0.3 is 14.8 Å². The molecule has 0 fully saturated rings. The van der Waals surface area contributed by atoms with E-state index in [0.29, 0.717) is 37.6 Å². The van der Waals surface area contributed by atoms with Crippen molar-refractivity contribution in [1.82, 2.24) is 5.32 Å². The van der Waals surface area contributed by atoms with Gasteiger partial charge in [0.1, 0.15) is 12.3 Å². The molecule has 0 bridgehead atoms. The average Bonchev–Trinajstić information content (AvgIpc) is 2.72. The van der Waals surface area contributed by atoms with Crippen LogP contribution in [0.3, 0.4) is 0 Å². The second-order valence-corrected chi connectivity index (χ2v) is 7.76. The molecule has 0 spiro atoms. The van der Waals surface area contributed by atoms with Gasteiger partial charge in [0.15, 0.2) is 0 Å². The van der Waals surface area contributed by atoms with Gasteiger partial charge in [0.2, 0.25) is 5.91 Å². The van der Waals surface area contributed by atoms with Crippen LogP contribution in [-0.4, -0.2) is 47.7 Å². The number of para-hydroxylation sites is 2. The van der Waals surface area contributed by atoms with E-state index in [-0.39, 0.29) is 11.4 Å². The number of hydrogen-bond donors (Lipinski definition) is 1. The molecule has 0 aliphatic heterocycles. The van der Waals surface area contributed by atoms with Crippen LogP contribution in [0.1, 0.15) is 13.3 Å². The maximum Gasteiger partial charge on any atom is 0.264 e. The third-order valence-electron chi connectivity index (χ3n) is 3.96. The molecule has 0 atom stereocenters. The number of hydrogen-bond acceptors (Lipinski definition) is 5. The summed E-state index contributed by atoms with van der Waals surface area (Å²) in [7, 11) is -2.49. The van der Waals surface area contributed by atoms with Crippen LogP contribution in [0.25, 0.3) is 0 Å². The molecule has 2 rings (SSSR count). The van der Waals surface area contributed by atoms with Gasteiger partial charge in [-0.3, -0.25) is 9.10 Å². The Hall–Kier alpha value is -2.58. The third kappa shape index (κ3) is 5.71. The summed E-state index contributed by atoms with van der Waals surface area (Å²) in [6.07, 6.45) is 0.652. The second-order valence-electron chi connectivity index (χ2n) is 5.90. The maximum absolute atomic E-state index is 13.2. The molecule has 28 heavy (non-hydrogen) atoms. The molecular formula is C20H26N2O5S. The fraction of sp³-hybridized carbons (Fsp3) is 0.350. The van der Waals surface area contributed by atoms with E-state index in [1.807, 2.05) is 6.92 Å². The Morgan fingerprint density at radius 1 is 1.07 bits per heavy atom. The molecule has 1 N–H and O–H groups in total. The number of benzene rings is 2. The number of anilines is 1. The van der Waals surface area contributed by atoms with Crippen molar-refractivity contribution in [3.63, 3.8) is 0 Å². The number of carbonyl (C=O) groups excluding carboxylic acids is 1. The van der Waals surface area contributed by atoms with Gasteiger partial charge in [-0.2, -0.15) is 0 Å². The second kappa shape index (κ2) is 10.7. The Labute approximate surface area is 166 Å². The summed E-state index contributed by atoms with van der Waals surface area (Å²) in [5.41, 5.74) is 0.304. The lowest BCUT2D eigenvalue weighted by atomic mass is 10.3. The lowest BCUT2D eigenvalue weighted by Crippen LogP contribution is -2.41. The van der Waals surface area contributed by atoms with Gasteiger partial charge in [-0.1, -0.05) is 30.3 Å². The Morgan fingerprint density at radius 2 is 1.75 bits per heavy atom. The predicted octanol–water partition coefficient (Wildman–Crippen LogP) is 2.43. The Balaban J connectivity index is 2.26. The smallest absolute Gasteiger partial charge is 0.264 e. The van der Waals surface area contributed by atoms with Gasteiger partial charge in [0.05, 0.1) is 17.7 Å². The molecule has 0 radical (unpaired) electrons. The zero-order chi connectivity index (χ0) is 20.4. The minimum atomic E-state index is -3.95. The van der Waals surface area contributed by atoms with Gasteiger partial charge in [0, 0.05) is 19.8 Å². The van der Waals surface area contributed by atoms with Gasteiger partial charge in [-0.15, -0.1) is 0 Å². The molecule has 2 aromatic rings. The van der Waals surface area contributed by atoms with Crippen molar-refractivity contribution in [2.45, 2.75) is 18.2 Å². The largest absolute Gasteiger partial charge is 0.495 e. The Kier molecular flexibility index (Phi) is 8.28. The van der Waals surface area contributed by atoms with Crippen LogP contribution in [0, 0.1) is 0 Å². The van der Waals surface area contributed by atoms with Crippen LogP contribution in [0.15, 0.2) is 59.5 Å². The van der Waals surface area contributed by atoms with E-state index in [9.17, 15) is 13.2 Å². The van der Waals surface area contributed by atoms with Crippen molar-refractivity contribution in [1.29, 1.82) is 0 Å². The molecule has 0 aliphatic rings. The summed E-state index contributed by atoms with van der Waals surface area (Å²) in [6.45, 7) is 3.11. The lowest BCUT2D eigenvalue weighted by molar-refractivity contribution is -0.119. The first-order valence-corrected chi connectivity index (χ1v) is 10.5. The molecule has 152 valence electrons. The van der Waals surface area contributed by atoms with Gasteiger partial charge in [-0.05, 0) is 37.6 Å². The zero-order valence-electron chi connectivity index (χ0n) is 16.1. The molecule has 1 amide bonds. The van der Waals surface area contributed by atoms with Crippen LogP contribution in [0.5, 0.6) is 5.75 Å². The number of methoxy groups -OCH3 is 1. The highest BCUT2D eigenvalue weighted by molar-refractivity contribution is 7.92.